The van der Waals surface area contributed by atoms with E-state index in [1.807, 2.05) is 18.2 Å². The molecule has 1 saturated heterocycles. The SMILES string of the molecule is CC(O)CC(C)(C)CNC(=O)NC1CCCN(c2ccccc2)C1. The lowest BCUT2D eigenvalue weighted by Crippen LogP contribution is -2.51. The van der Waals surface area contributed by atoms with Crippen LogP contribution in [0.25, 0.3) is 0 Å². The van der Waals surface area contributed by atoms with Gasteiger partial charge in [-0.15, -0.1) is 0 Å². The minimum Gasteiger partial charge on any atom is -0.393 e. The Hall–Kier alpha value is -1.75. The van der Waals surface area contributed by atoms with Gasteiger partial charge in [-0.1, -0.05) is 32.0 Å². The van der Waals surface area contributed by atoms with Crippen LogP contribution in [-0.2, 0) is 0 Å². The quantitative estimate of drug-likeness (QED) is 0.750. The molecule has 5 heteroatoms. The molecule has 1 aromatic rings. The molecule has 1 fully saturated rings. The summed E-state index contributed by atoms with van der Waals surface area (Å²) in [5.74, 6) is 0. The van der Waals surface area contributed by atoms with Crippen molar-refractivity contribution in [2.45, 2.75) is 52.2 Å². The minimum absolute atomic E-state index is 0.117. The van der Waals surface area contributed by atoms with E-state index in [1.165, 1.54) is 5.69 Å². The van der Waals surface area contributed by atoms with Gasteiger partial charge in [0.15, 0.2) is 0 Å². The number of aliphatic hydroxyl groups excluding tert-OH is 1. The molecule has 134 valence electrons. The Bertz CT molecular complexity index is 517. The molecule has 1 heterocycles. The number of nitrogens with zero attached hydrogens (tertiary/aromatic N) is 1. The number of piperidine rings is 1. The Morgan fingerprint density at radius 2 is 2.08 bits per heavy atom. The summed E-state index contributed by atoms with van der Waals surface area (Å²) in [5.41, 5.74) is 1.09. The smallest absolute Gasteiger partial charge is 0.315 e. The van der Waals surface area contributed by atoms with Crippen LogP contribution in [0.5, 0.6) is 0 Å². The van der Waals surface area contributed by atoms with Crippen molar-refractivity contribution >= 4 is 11.7 Å². The van der Waals surface area contributed by atoms with Gasteiger partial charge in [-0.3, -0.25) is 0 Å². The van der Waals surface area contributed by atoms with Crippen LogP contribution in [-0.4, -0.2) is 42.9 Å². The lowest BCUT2D eigenvalue weighted by atomic mass is 9.87. The lowest BCUT2D eigenvalue weighted by molar-refractivity contribution is 0.128. The molecule has 1 aliphatic rings. The van der Waals surface area contributed by atoms with E-state index in [-0.39, 0.29) is 23.6 Å². The summed E-state index contributed by atoms with van der Waals surface area (Å²) < 4.78 is 0. The maximum Gasteiger partial charge on any atom is 0.315 e. The molecule has 2 amide bonds. The van der Waals surface area contributed by atoms with Crippen LogP contribution in [0.4, 0.5) is 10.5 Å². The highest BCUT2D eigenvalue weighted by Crippen LogP contribution is 2.21. The first-order valence-corrected chi connectivity index (χ1v) is 8.88. The highest BCUT2D eigenvalue weighted by atomic mass is 16.3. The summed E-state index contributed by atoms with van der Waals surface area (Å²) in [6.07, 6.45) is 2.39. The Balaban J connectivity index is 1.79. The predicted molar refractivity (Wildman–Crippen MR) is 98.3 cm³/mol. The monoisotopic (exact) mass is 333 g/mol. The fraction of sp³-hybridized carbons (Fsp3) is 0.632. The predicted octanol–water partition coefficient (Wildman–Crippen LogP) is 2.75. The van der Waals surface area contributed by atoms with Gasteiger partial charge in [0.25, 0.3) is 0 Å². The second-order valence-electron chi connectivity index (χ2n) is 7.67. The molecule has 24 heavy (non-hydrogen) atoms. The standard InChI is InChI=1S/C19H31N3O2/c1-15(23)12-19(2,3)14-20-18(24)21-16-8-7-11-22(13-16)17-9-5-4-6-10-17/h4-6,9-10,15-16,23H,7-8,11-14H2,1-3H3,(H2,20,21,24). The number of anilines is 1. The van der Waals surface area contributed by atoms with Gasteiger partial charge in [-0.2, -0.15) is 0 Å². The van der Waals surface area contributed by atoms with Crippen molar-refractivity contribution < 1.29 is 9.90 Å². The van der Waals surface area contributed by atoms with Crippen molar-refractivity contribution in [2.75, 3.05) is 24.5 Å². The molecule has 5 nitrogen and oxygen atoms in total. The van der Waals surface area contributed by atoms with Gasteiger partial charge in [-0.25, -0.2) is 4.79 Å². The van der Waals surface area contributed by atoms with Crippen LogP contribution in [0.3, 0.4) is 0 Å². The van der Waals surface area contributed by atoms with E-state index in [4.69, 9.17) is 0 Å². The number of hydrogen-bond acceptors (Lipinski definition) is 3. The molecular weight excluding hydrogens is 302 g/mol. The molecule has 2 unspecified atom stereocenters. The number of carbonyl (C=O) groups excluding carboxylic acids is 1. The molecule has 0 aliphatic carbocycles. The number of nitrogens with one attached hydrogen (secondary N) is 2. The maximum absolute atomic E-state index is 12.2. The number of hydrogen-bond donors (Lipinski definition) is 3. The van der Waals surface area contributed by atoms with Crippen molar-refractivity contribution in [1.29, 1.82) is 0 Å². The first-order valence-electron chi connectivity index (χ1n) is 8.88. The second-order valence-corrected chi connectivity index (χ2v) is 7.67. The summed E-state index contributed by atoms with van der Waals surface area (Å²) in [5, 5.41) is 15.6. The van der Waals surface area contributed by atoms with Crippen LogP contribution in [0, 0.1) is 5.41 Å². The van der Waals surface area contributed by atoms with E-state index >= 15 is 0 Å². The van der Waals surface area contributed by atoms with Crippen LogP contribution in [0.2, 0.25) is 0 Å². The summed E-state index contributed by atoms with van der Waals surface area (Å²) in [6, 6.07) is 10.4. The number of amides is 2. The largest absolute Gasteiger partial charge is 0.393 e. The number of para-hydroxylation sites is 1. The Morgan fingerprint density at radius 3 is 2.75 bits per heavy atom. The highest BCUT2D eigenvalue weighted by Gasteiger charge is 2.24. The molecule has 1 aliphatic heterocycles. The number of benzene rings is 1. The van der Waals surface area contributed by atoms with Gasteiger partial charge in [0, 0.05) is 31.4 Å². The average molecular weight is 333 g/mol. The van der Waals surface area contributed by atoms with Crippen LogP contribution < -0.4 is 15.5 Å². The van der Waals surface area contributed by atoms with E-state index in [9.17, 15) is 9.90 Å². The fourth-order valence-electron chi connectivity index (χ4n) is 3.40. The Kier molecular flexibility index (Phi) is 6.49. The molecule has 0 spiro atoms. The molecule has 0 bridgehead atoms. The van der Waals surface area contributed by atoms with E-state index in [2.05, 4.69) is 41.5 Å². The van der Waals surface area contributed by atoms with Gasteiger partial charge in [0.1, 0.15) is 0 Å². The van der Waals surface area contributed by atoms with Gasteiger partial charge < -0.3 is 20.6 Å². The Labute approximate surface area is 145 Å². The van der Waals surface area contributed by atoms with Gasteiger partial charge >= 0.3 is 6.03 Å². The first kappa shape index (κ1) is 18.6. The summed E-state index contributed by atoms with van der Waals surface area (Å²) in [7, 11) is 0. The topological polar surface area (TPSA) is 64.6 Å². The van der Waals surface area contributed by atoms with E-state index in [0.717, 1.165) is 25.9 Å². The zero-order valence-electron chi connectivity index (χ0n) is 15.1. The van der Waals surface area contributed by atoms with Crippen molar-refractivity contribution in [3.63, 3.8) is 0 Å². The third-order valence-electron chi connectivity index (χ3n) is 4.45. The van der Waals surface area contributed by atoms with Gasteiger partial charge in [0.05, 0.1) is 6.10 Å². The van der Waals surface area contributed by atoms with E-state index in [0.29, 0.717) is 13.0 Å². The van der Waals surface area contributed by atoms with Crippen molar-refractivity contribution in [1.82, 2.24) is 10.6 Å². The van der Waals surface area contributed by atoms with Crippen LogP contribution in [0.15, 0.2) is 30.3 Å². The van der Waals surface area contributed by atoms with Gasteiger partial charge in [0.2, 0.25) is 0 Å². The third kappa shape index (κ3) is 6.04. The third-order valence-corrected chi connectivity index (χ3v) is 4.45. The zero-order chi connectivity index (χ0) is 17.6. The van der Waals surface area contributed by atoms with E-state index < -0.39 is 0 Å². The Morgan fingerprint density at radius 1 is 1.38 bits per heavy atom. The van der Waals surface area contributed by atoms with Crippen molar-refractivity contribution in [3.8, 4) is 0 Å². The highest BCUT2D eigenvalue weighted by molar-refractivity contribution is 5.74. The molecule has 0 radical (unpaired) electrons. The first-order chi connectivity index (χ1) is 11.4. The molecule has 2 rings (SSSR count). The molecule has 0 saturated carbocycles. The number of carbonyl (C=O) groups is 1. The van der Waals surface area contributed by atoms with Crippen molar-refractivity contribution in [3.05, 3.63) is 30.3 Å². The second kappa shape index (κ2) is 8.38. The number of urea groups is 1. The van der Waals surface area contributed by atoms with Crippen LogP contribution in [0.1, 0.15) is 40.0 Å². The van der Waals surface area contributed by atoms with Crippen LogP contribution >= 0.6 is 0 Å². The number of rotatable bonds is 6. The zero-order valence-corrected chi connectivity index (χ0v) is 15.1. The fourth-order valence-corrected chi connectivity index (χ4v) is 3.40. The summed E-state index contributed by atoms with van der Waals surface area (Å²) in [6.45, 7) is 8.32. The molecule has 1 aromatic carbocycles. The average Bonchev–Trinajstić information content (AvgIpc) is 2.53. The summed E-state index contributed by atoms with van der Waals surface area (Å²) >= 11 is 0. The lowest BCUT2D eigenvalue weighted by Gasteiger charge is -2.35. The minimum atomic E-state index is -0.359. The molecular formula is C19H31N3O2. The molecule has 3 N–H and O–H groups in total. The summed E-state index contributed by atoms with van der Waals surface area (Å²) in [4.78, 5) is 14.5. The van der Waals surface area contributed by atoms with E-state index in [1.54, 1.807) is 6.92 Å². The molecule has 0 aromatic heterocycles. The van der Waals surface area contributed by atoms with Gasteiger partial charge in [-0.05, 0) is 43.7 Å². The maximum atomic E-state index is 12.2. The normalized spacial score (nSPS) is 19.7. The number of aliphatic hydroxyl groups is 1. The molecule has 2 atom stereocenters. The van der Waals surface area contributed by atoms with Crippen molar-refractivity contribution in [2.24, 2.45) is 5.41 Å².